The number of hydrogen-bond acceptors (Lipinski definition) is 3. The lowest BCUT2D eigenvalue weighted by Gasteiger charge is -2.18. The molecule has 0 spiro atoms. The van der Waals surface area contributed by atoms with Crippen molar-refractivity contribution in [3.8, 4) is 0 Å². The molecule has 0 unspecified atom stereocenters. The zero-order chi connectivity index (χ0) is 11.5. The number of aromatic carboxylic acids is 1. The lowest BCUT2D eigenvalue weighted by molar-refractivity contribution is 0.0697. The Balaban J connectivity index is 2.22. The zero-order valence-electron chi connectivity index (χ0n) is 9.27. The van der Waals surface area contributed by atoms with Crippen molar-refractivity contribution in [2.75, 3.05) is 30.0 Å². The van der Waals surface area contributed by atoms with Gasteiger partial charge in [-0.15, -0.1) is 0 Å². The summed E-state index contributed by atoms with van der Waals surface area (Å²) >= 11 is 1.82. The largest absolute Gasteiger partial charge is 0.478 e. The molecule has 0 amide bonds. The van der Waals surface area contributed by atoms with Crippen molar-refractivity contribution in [2.45, 2.75) is 6.42 Å². The summed E-state index contributed by atoms with van der Waals surface area (Å²) in [5.74, 6) is 0.232. The Morgan fingerprint density at radius 1 is 1.56 bits per heavy atom. The third-order valence-electron chi connectivity index (χ3n) is 2.89. The van der Waals surface area contributed by atoms with Gasteiger partial charge in [0.1, 0.15) is 0 Å². The fraction of sp³-hybridized carbons (Fsp3) is 0.417. The highest BCUT2D eigenvalue weighted by Gasteiger charge is 2.19. The topological polar surface area (TPSA) is 40.5 Å². The maximum absolute atomic E-state index is 10.9. The minimum Gasteiger partial charge on any atom is -0.478 e. The van der Waals surface area contributed by atoms with Crippen molar-refractivity contribution in [3.63, 3.8) is 0 Å². The SMILES string of the molecule is CSCCN1CCc2ccc(C(=O)O)cc21. The van der Waals surface area contributed by atoms with E-state index >= 15 is 0 Å². The van der Waals surface area contributed by atoms with Crippen LogP contribution in [0.2, 0.25) is 0 Å². The molecule has 0 aliphatic carbocycles. The molecule has 1 aromatic carbocycles. The minimum atomic E-state index is -0.848. The first-order chi connectivity index (χ1) is 7.72. The molecule has 0 saturated carbocycles. The van der Waals surface area contributed by atoms with Crippen LogP contribution in [0.1, 0.15) is 15.9 Å². The van der Waals surface area contributed by atoms with Gasteiger partial charge in [0.15, 0.2) is 0 Å². The third-order valence-corrected chi connectivity index (χ3v) is 3.48. The second-order valence-electron chi connectivity index (χ2n) is 3.88. The summed E-state index contributed by atoms with van der Waals surface area (Å²) < 4.78 is 0. The average molecular weight is 237 g/mol. The van der Waals surface area contributed by atoms with E-state index < -0.39 is 5.97 Å². The van der Waals surface area contributed by atoms with Crippen LogP contribution < -0.4 is 4.90 Å². The number of nitrogens with zero attached hydrogens (tertiary/aromatic N) is 1. The number of thioether (sulfide) groups is 1. The summed E-state index contributed by atoms with van der Waals surface area (Å²) in [6, 6.07) is 5.43. The Hall–Kier alpha value is -1.16. The van der Waals surface area contributed by atoms with Gasteiger partial charge in [-0.2, -0.15) is 11.8 Å². The number of fused-ring (bicyclic) bond motifs is 1. The molecule has 1 N–H and O–H groups in total. The van der Waals surface area contributed by atoms with Crippen LogP contribution in [0.4, 0.5) is 5.69 Å². The van der Waals surface area contributed by atoms with Gasteiger partial charge in [-0.1, -0.05) is 6.07 Å². The van der Waals surface area contributed by atoms with E-state index in [1.165, 1.54) is 5.56 Å². The van der Waals surface area contributed by atoms with E-state index in [9.17, 15) is 4.79 Å². The van der Waals surface area contributed by atoms with Crippen molar-refractivity contribution < 1.29 is 9.90 Å². The van der Waals surface area contributed by atoms with E-state index in [0.717, 1.165) is 31.0 Å². The second-order valence-corrected chi connectivity index (χ2v) is 4.86. The van der Waals surface area contributed by atoms with Gasteiger partial charge in [-0.05, 0) is 30.4 Å². The van der Waals surface area contributed by atoms with E-state index in [1.54, 1.807) is 12.1 Å². The summed E-state index contributed by atoms with van der Waals surface area (Å²) in [5, 5.41) is 8.96. The Labute approximate surface area is 99.5 Å². The molecule has 86 valence electrons. The van der Waals surface area contributed by atoms with Gasteiger partial charge < -0.3 is 10.0 Å². The second kappa shape index (κ2) is 4.78. The van der Waals surface area contributed by atoms with Crippen LogP contribution in [0.15, 0.2) is 18.2 Å². The van der Waals surface area contributed by atoms with Crippen LogP contribution in [0.3, 0.4) is 0 Å². The smallest absolute Gasteiger partial charge is 0.335 e. The number of carbonyl (C=O) groups is 1. The molecule has 0 radical (unpaired) electrons. The molecule has 16 heavy (non-hydrogen) atoms. The molecule has 0 saturated heterocycles. The third kappa shape index (κ3) is 2.16. The minimum absolute atomic E-state index is 0.384. The molecular weight excluding hydrogens is 222 g/mol. The summed E-state index contributed by atoms with van der Waals surface area (Å²) in [4.78, 5) is 13.2. The quantitative estimate of drug-likeness (QED) is 0.870. The molecule has 1 aromatic rings. The predicted molar refractivity (Wildman–Crippen MR) is 67.7 cm³/mol. The Kier molecular flexibility index (Phi) is 3.39. The summed E-state index contributed by atoms with van der Waals surface area (Å²) in [5.41, 5.74) is 2.76. The highest BCUT2D eigenvalue weighted by molar-refractivity contribution is 7.98. The van der Waals surface area contributed by atoms with E-state index in [1.807, 2.05) is 17.8 Å². The Bertz CT molecular complexity index is 406. The van der Waals surface area contributed by atoms with Crippen molar-refractivity contribution >= 4 is 23.4 Å². The summed E-state index contributed by atoms with van der Waals surface area (Å²) in [6.45, 7) is 2.01. The standard InChI is InChI=1S/C12H15NO2S/c1-16-7-6-13-5-4-9-2-3-10(12(14)15)8-11(9)13/h2-3,8H,4-7H2,1H3,(H,14,15). The normalized spacial score (nSPS) is 13.9. The highest BCUT2D eigenvalue weighted by atomic mass is 32.2. The molecule has 3 nitrogen and oxygen atoms in total. The number of benzene rings is 1. The van der Waals surface area contributed by atoms with E-state index in [4.69, 9.17) is 5.11 Å². The van der Waals surface area contributed by atoms with Gasteiger partial charge in [0.05, 0.1) is 5.56 Å². The molecule has 1 heterocycles. The molecule has 0 aromatic heterocycles. The highest BCUT2D eigenvalue weighted by Crippen LogP contribution is 2.29. The lowest BCUT2D eigenvalue weighted by Crippen LogP contribution is -2.23. The van der Waals surface area contributed by atoms with E-state index in [-0.39, 0.29) is 0 Å². The van der Waals surface area contributed by atoms with Crippen LogP contribution in [0.25, 0.3) is 0 Å². The predicted octanol–water partition coefficient (Wildman–Crippen LogP) is 2.11. The van der Waals surface area contributed by atoms with Crippen molar-refractivity contribution in [3.05, 3.63) is 29.3 Å². The van der Waals surface area contributed by atoms with Crippen LogP contribution in [-0.2, 0) is 6.42 Å². The number of carboxylic acid groups (broad SMARTS) is 1. The monoisotopic (exact) mass is 237 g/mol. The van der Waals surface area contributed by atoms with E-state index in [0.29, 0.717) is 5.56 Å². The van der Waals surface area contributed by atoms with Crippen LogP contribution in [-0.4, -0.2) is 36.2 Å². The van der Waals surface area contributed by atoms with Crippen LogP contribution >= 0.6 is 11.8 Å². The zero-order valence-corrected chi connectivity index (χ0v) is 10.1. The number of rotatable bonds is 4. The first-order valence-corrected chi connectivity index (χ1v) is 6.72. The van der Waals surface area contributed by atoms with Crippen molar-refractivity contribution in [1.82, 2.24) is 0 Å². The molecule has 0 atom stereocenters. The molecular formula is C12H15NO2S. The van der Waals surface area contributed by atoms with Gasteiger partial charge >= 0.3 is 5.97 Å². The first kappa shape index (κ1) is 11.3. The summed E-state index contributed by atoms with van der Waals surface area (Å²) in [7, 11) is 0. The lowest BCUT2D eigenvalue weighted by atomic mass is 10.1. The maximum atomic E-state index is 10.9. The van der Waals surface area contributed by atoms with Gasteiger partial charge in [-0.25, -0.2) is 4.79 Å². The summed E-state index contributed by atoms with van der Waals surface area (Å²) in [6.07, 6.45) is 3.12. The molecule has 2 rings (SSSR count). The van der Waals surface area contributed by atoms with Gasteiger partial charge in [0.2, 0.25) is 0 Å². The number of anilines is 1. The Morgan fingerprint density at radius 3 is 3.06 bits per heavy atom. The van der Waals surface area contributed by atoms with Gasteiger partial charge in [0.25, 0.3) is 0 Å². The van der Waals surface area contributed by atoms with E-state index in [2.05, 4.69) is 11.2 Å². The first-order valence-electron chi connectivity index (χ1n) is 5.32. The fourth-order valence-corrected chi connectivity index (χ4v) is 2.42. The molecule has 1 aliphatic rings. The molecule has 4 heteroatoms. The van der Waals surface area contributed by atoms with Crippen LogP contribution in [0, 0.1) is 0 Å². The molecule has 1 aliphatic heterocycles. The molecule has 0 bridgehead atoms. The van der Waals surface area contributed by atoms with Crippen LogP contribution in [0.5, 0.6) is 0 Å². The Morgan fingerprint density at radius 2 is 2.38 bits per heavy atom. The number of hydrogen-bond donors (Lipinski definition) is 1. The maximum Gasteiger partial charge on any atom is 0.335 e. The van der Waals surface area contributed by atoms with Gasteiger partial charge in [0, 0.05) is 24.5 Å². The van der Waals surface area contributed by atoms with Crippen molar-refractivity contribution in [1.29, 1.82) is 0 Å². The van der Waals surface area contributed by atoms with Gasteiger partial charge in [-0.3, -0.25) is 0 Å². The molecule has 0 fully saturated rings. The average Bonchev–Trinajstić information content (AvgIpc) is 2.68. The fourth-order valence-electron chi connectivity index (χ4n) is 2.01. The van der Waals surface area contributed by atoms with Crippen molar-refractivity contribution in [2.24, 2.45) is 0 Å². The number of carboxylic acids is 1.